The normalized spacial score (nSPS) is 30.8. The maximum atomic E-state index is 12.8. The molecule has 5 aliphatic rings. The summed E-state index contributed by atoms with van der Waals surface area (Å²) >= 11 is 3.04. The Morgan fingerprint density at radius 2 is 1.94 bits per heavy atom. The van der Waals surface area contributed by atoms with Crippen LogP contribution in [0.2, 0.25) is 0 Å². The van der Waals surface area contributed by atoms with Crippen LogP contribution in [-0.2, 0) is 31.1 Å². The van der Waals surface area contributed by atoms with E-state index in [4.69, 9.17) is 0 Å². The minimum absolute atomic E-state index is 0.0808. The lowest BCUT2D eigenvalue weighted by atomic mass is 9.49. The molecule has 7 rings (SSSR count). The topological polar surface area (TPSA) is 83.6 Å². The zero-order valence-corrected chi connectivity index (χ0v) is 22.4. The van der Waals surface area contributed by atoms with Gasteiger partial charge in [0.15, 0.2) is 5.16 Å². The van der Waals surface area contributed by atoms with Crippen LogP contribution >= 0.6 is 23.1 Å². The van der Waals surface area contributed by atoms with Crippen molar-refractivity contribution in [3.05, 3.63) is 21.8 Å². The average molecular weight is 510 g/mol. The van der Waals surface area contributed by atoms with Crippen LogP contribution in [-0.4, -0.2) is 26.4 Å². The molecule has 4 fully saturated rings. The summed E-state index contributed by atoms with van der Waals surface area (Å²) in [6.45, 7) is 2.23. The quantitative estimate of drug-likeness (QED) is 0.480. The third-order valence-electron chi connectivity index (χ3n) is 9.27. The largest absolute Gasteiger partial charge is 0.316 e. The first-order valence-electron chi connectivity index (χ1n) is 13.3. The molecule has 2 aromatic heterocycles. The Labute approximate surface area is 216 Å². The predicted octanol–water partition coefficient (Wildman–Crippen LogP) is 5.75. The highest BCUT2D eigenvalue weighted by molar-refractivity contribution is 7.99. The molecule has 2 heterocycles. The zero-order valence-electron chi connectivity index (χ0n) is 20.8. The van der Waals surface area contributed by atoms with Crippen LogP contribution in [0, 0.1) is 40.4 Å². The second-order valence-electron chi connectivity index (χ2n) is 11.7. The van der Waals surface area contributed by atoms with Crippen LogP contribution in [0.5, 0.6) is 0 Å². The number of aromatic nitrogens is 3. The van der Waals surface area contributed by atoms with E-state index in [0.29, 0.717) is 16.9 Å². The number of nitrogens with zero attached hydrogens (tertiary/aromatic N) is 4. The highest BCUT2D eigenvalue weighted by Crippen LogP contribution is 2.61. The summed E-state index contributed by atoms with van der Waals surface area (Å²) in [4.78, 5) is 14.1. The Morgan fingerprint density at radius 1 is 1.23 bits per heavy atom. The fourth-order valence-corrected chi connectivity index (χ4v) is 10.0. The molecule has 0 saturated heterocycles. The third-order valence-corrected chi connectivity index (χ3v) is 11.5. The maximum Gasteiger partial charge on any atom is 0.235 e. The Morgan fingerprint density at radius 3 is 2.60 bits per heavy atom. The van der Waals surface area contributed by atoms with Gasteiger partial charge in [0.25, 0.3) is 0 Å². The summed E-state index contributed by atoms with van der Waals surface area (Å²) in [6, 6.07) is 2.35. The lowest BCUT2D eigenvalue weighted by Gasteiger charge is -2.56. The van der Waals surface area contributed by atoms with Crippen molar-refractivity contribution in [1.29, 1.82) is 5.26 Å². The number of amides is 1. The lowest BCUT2D eigenvalue weighted by Crippen LogP contribution is -2.47. The van der Waals surface area contributed by atoms with Crippen molar-refractivity contribution < 1.29 is 4.79 Å². The summed E-state index contributed by atoms with van der Waals surface area (Å²) in [5, 5.41) is 23.3. The molecule has 0 radical (unpaired) electrons. The number of carbonyl (C=O) groups is 1. The third kappa shape index (κ3) is 4.44. The molecule has 4 saturated carbocycles. The van der Waals surface area contributed by atoms with E-state index in [9.17, 15) is 10.1 Å². The molecule has 186 valence electrons. The fourth-order valence-electron chi connectivity index (χ4n) is 7.97. The van der Waals surface area contributed by atoms with Crippen molar-refractivity contribution in [2.75, 3.05) is 11.1 Å². The van der Waals surface area contributed by atoms with E-state index in [2.05, 4.69) is 33.1 Å². The molecule has 0 aromatic carbocycles. The highest BCUT2D eigenvalue weighted by atomic mass is 32.2. The van der Waals surface area contributed by atoms with Gasteiger partial charge in [-0.3, -0.25) is 4.79 Å². The number of carbonyl (C=O) groups excluding carboxylic acids is 1. The molecular formula is C27H35N5OS2. The number of thiophene rings is 1. The number of anilines is 1. The van der Waals surface area contributed by atoms with Gasteiger partial charge in [-0.25, -0.2) is 0 Å². The van der Waals surface area contributed by atoms with Gasteiger partial charge >= 0.3 is 0 Å². The smallest absolute Gasteiger partial charge is 0.235 e. The highest BCUT2D eigenvalue weighted by Gasteiger charge is 2.51. The van der Waals surface area contributed by atoms with Gasteiger partial charge in [-0.15, -0.1) is 21.5 Å². The molecule has 1 amide bonds. The van der Waals surface area contributed by atoms with E-state index >= 15 is 0 Å². The van der Waals surface area contributed by atoms with Gasteiger partial charge in [0.1, 0.15) is 16.9 Å². The molecule has 8 heteroatoms. The van der Waals surface area contributed by atoms with Gasteiger partial charge in [-0.1, -0.05) is 25.1 Å². The number of thioether (sulfide) groups is 1. The van der Waals surface area contributed by atoms with Crippen LogP contribution in [0.3, 0.4) is 0 Å². The summed E-state index contributed by atoms with van der Waals surface area (Å²) in [5.41, 5.74) is 2.26. The minimum Gasteiger partial charge on any atom is -0.316 e. The van der Waals surface area contributed by atoms with Crippen LogP contribution in [0.15, 0.2) is 5.16 Å². The van der Waals surface area contributed by atoms with Gasteiger partial charge < -0.3 is 9.88 Å². The molecule has 5 aliphatic carbocycles. The molecule has 2 aromatic rings. The molecule has 6 nitrogen and oxygen atoms in total. The summed E-state index contributed by atoms with van der Waals surface area (Å²) < 4.78 is 2.10. The average Bonchev–Trinajstić information content (AvgIpc) is 3.34. The molecule has 1 unspecified atom stereocenters. The monoisotopic (exact) mass is 509 g/mol. The molecular weight excluding hydrogens is 474 g/mol. The minimum atomic E-state index is -0.0808. The standard InChI is InChI=1S/C27H35N5OS2/c1-3-16-4-5-20-21(14-28)25(35-22(20)9-16)29-24(33)15-34-26-31-30-23(32(26)2)13-27-10-17-6-18(11-27)8-19(7-17)12-27/h16-19H,3-13,15H2,1-2H3,(H,29,33). The van der Waals surface area contributed by atoms with E-state index < -0.39 is 0 Å². The van der Waals surface area contributed by atoms with Crippen molar-refractivity contribution in [3.63, 3.8) is 0 Å². The Bertz CT molecular complexity index is 1140. The number of rotatable bonds is 7. The van der Waals surface area contributed by atoms with E-state index in [1.165, 1.54) is 61.6 Å². The van der Waals surface area contributed by atoms with Crippen LogP contribution < -0.4 is 5.32 Å². The number of hydrogen-bond acceptors (Lipinski definition) is 6. The molecule has 4 bridgehead atoms. The second-order valence-corrected chi connectivity index (χ2v) is 13.8. The number of nitrogens with one attached hydrogen (secondary N) is 1. The Kier molecular flexibility index (Phi) is 6.21. The SMILES string of the molecule is CCC1CCc2c(sc(NC(=O)CSc3nnc(CC45CC6CC(CC(C6)C4)C5)n3C)c2C#N)C1. The maximum absolute atomic E-state index is 12.8. The zero-order chi connectivity index (χ0) is 24.2. The van der Waals surface area contributed by atoms with E-state index in [-0.39, 0.29) is 11.7 Å². The van der Waals surface area contributed by atoms with Gasteiger partial charge in [0, 0.05) is 18.3 Å². The van der Waals surface area contributed by atoms with Gasteiger partial charge in [0.05, 0.1) is 11.3 Å². The van der Waals surface area contributed by atoms with Gasteiger partial charge in [-0.2, -0.15) is 5.26 Å². The lowest BCUT2D eigenvalue weighted by molar-refractivity contribution is -0.113. The first-order chi connectivity index (χ1) is 16.9. The van der Waals surface area contributed by atoms with Crippen molar-refractivity contribution in [2.24, 2.45) is 36.1 Å². The summed E-state index contributed by atoms with van der Waals surface area (Å²) in [6.07, 6.45) is 13.8. The van der Waals surface area contributed by atoms with E-state index in [1.54, 1.807) is 11.3 Å². The predicted molar refractivity (Wildman–Crippen MR) is 140 cm³/mol. The molecule has 35 heavy (non-hydrogen) atoms. The molecule has 0 spiro atoms. The van der Waals surface area contributed by atoms with Crippen LogP contribution in [0.1, 0.15) is 80.1 Å². The Hall–Kier alpha value is -1.85. The van der Waals surface area contributed by atoms with Crippen molar-refractivity contribution >= 4 is 34.0 Å². The summed E-state index contributed by atoms with van der Waals surface area (Å²) in [5.74, 6) is 4.74. The molecule has 0 aliphatic heterocycles. The Balaban J connectivity index is 1.09. The van der Waals surface area contributed by atoms with Crippen LogP contribution in [0.4, 0.5) is 5.00 Å². The molecule has 1 N–H and O–H groups in total. The fraction of sp³-hybridized carbons (Fsp3) is 0.704. The van der Waals surface area contributed by atoms with E-state index in [1.807, 2.05) is 7.05 Å². The number of nitriles is 1. The summed E-state index contributed by atoms with van der Waals surface area (Å²) in [7, 11) is 2.04. The van der Waals surface area contributed by atoms with Crippen molar-refractivity contribution in [2.45, 2.75) is 82.7 Å². The molecule has 1 atom stereocenters. The van der Waals surface area contributed by atoms with Gasteiger partial charge in [0.2, 0.25) is 5.91 Å². The first kappa shape index (κ1) is 23.5. The first-order valence-corrected chi connectivity index (χ1v) is 15.1. The number of fused-ring (bicyclic) bond motifs is 1. The number of hydrogen-bond donors (Lipinski definition) is 1. The second kappa shape index (κ2) is 9.23. The van der Waals surface area contributed by atoms with E-state index in [0.717, 1.165) is 65.0 Å². The van der Waals surface area contributed by atoms with Gasteiger partial charge in [-0.05, 0) is 92.4 Å². The van der Waals surface area contributed by atoms with Crippen molar-refractivity contribution in [3.8, 4) is 6.07 Å². The van der Waals surface area contributed by atoms with Crippen molar-refractivity contribution in [1.82, 2.24) is 14.8 Å². The van der Waals surface area contributed by atoms with Crippen LogP contribution in [0.25, 0.3) is 0 Å².